The smallest absolute Gasteiger partial charge is 0.254 e. The number of hydrogen-bond donors (Lipinski definition) is 2. The van der Waals surface area contributed by atoms with Gasteiger partial charge >= 0.3 is 0 Å². The minimum absolute atomic E-state index is 0.0243. The number of carbonyl (C=O) groups is 1. The molecule has 0 fully saturated rings. The van der Waals surface area contributed by atoms with Gasteiger partial charge in [0.2, 0.25) is 0 Å². The van der Waals surface area contributed by atoms with Crippen LogP contribution in [0.15, 0.2) is 62.1 Å². The van der Waals surface area contributed by atoms with Gasteiger partial charge in [0.25, 0.3) is 5.91 Å². The van der Waals surface area contributed by atoms with Crippen molar-refractivity contribution in [2.45, 2.75) is 26.5 Å². The van der Waals surface area contributed by atoms with Crippen LogP contribution in [0.1, 0.15) is 36.7 Å². The summed E-state index contributed by atoms with van der Waals surface area (Å²) in [7, 11) is 1.83. The van der Waals surface area contributed by atoms with Gasteiger partial charge < -0.3 is 15.5 Å². The highest BCUT2D eigenvalue weighted by Crippen LogP contribution is 2.20. The van der Waals surface area contributed by atoms with Crippen molar-refractivity contribution >= 4 is 36.9 Å². The number of benzene rings is 1. The molecule has 0 unspecified atom stereocenters. The Labute approximate surface area is 190 Å². The number of amidine groups is 1. The van der Waals surface area contributed by atoms with Crippen LogP contribution in [0.2, 0.25) is 0 Å². The Balaban J connectivity index is 2.83. The van der Waals surface area contributed by atoms with Crippen LogP contribution in [0.3, 0.4) is 0 Å². The number of allylic oxidation sites excluding steroid dienone is 2. The first-order valence-electron chi connectivity index (χ1n) is 10.2. The molecule has 1 amide bonds. The van der Waals surface area contributed by atoms with Gasteiger partial charge in [-0.15, -0.1) is 11.8 Å². The fourth-order valence-electron chi connectivity index (χ4n) is 2.60. The summed E-state index contributed by atoms with van der Waals surface area (Å²) in [5, 5.41) is 8.23. The lowest BCUT2D eigenvalue weighted by molar-refractivity contribution is 0.0766. The van der Waals surface area contributed by atoms with Gasteiger partial charge in [0, 0.05) is 48.4 Å². The molecule has 1 aromatic rings. The van der Waals surface area contributed by atoms with E-state index in [0.717, 1.165) is 22.5 Å². The zero-order valence-electron chi connectivity index (χ0n) is 19.0. The second kappa shape index (κ2) is 15.1. The van der Waals surface area contributed by atoms with Gasteiger partial charge in [-0.3, -0.25) is 19.8 Å². The number of rotatable bonds is 13. The van der Waals surface area contributed by atoms with E-state index in [1.54, 1.807) is 11.8 Å². The molecule has 8 heteroatoms. The molecule has 1 aromatic carbocycles. The Hall–Kier alpha value is -2.71. The lowest BCUT2D eigenvalue weighted by Crippen LogP contribution is -2.38. The van der Waals surface area contributed by atoms with Crippen LogP contribution in [0.25, 0.3) is 0 Å². The van der Waals surface area contributed by atoms with E-state index in [0.29, 0.717) is 37.9 Å². The van der Waals surface area contributed by atoms with Crippen molar-refractivity contribution in [1.29, 1.82) is 0 Å². The number of amides is 1. The summed E-state index contributed by atoms with van der Waals surface area (Å²) in [6, 6.07) is 7.74. The Bertz CT molecular complexity index is 831. The Morgan fingerprint density at radius 3 is 2.55 bits per heavy atom. The molecular weight excluding hydrogens is 408 g/mol. The van der Waals surface area contributed by atoms with E-state index in [1.807, 2.05) is 68.5 Å². The van der Waals surface area contributed by atoms with Crippen LogP contribution in [0.5, 0.6) is 0 Å². The summed E-state index contributed by atoms with van der Waals surface area (Å²) >= 11 is 1.61. The van der Waals surface area contributed by atoms with Crippen LogP contribution < -0.4 is 10.6 Å². The van der Waals surface area contributed by atoms with E-state index < -0.39 is 0 Å². The average molecular weight is 443 g/mol. The third-order valence-corrected chi connectivity index (χ3v) is 5.33. The van der Waals surface area contributed by atoms with Crippen LogP contribution in [0.4, 0.5) is 0 Å². The van der Waals surface area contributed by atoms with Crippen molar-refractivity contribution in [2.24, 2.45) is 15.0 Å². The van der Waals surface area contributed by atoms with E-state index in [4.69, 9.17) is 0 Å². The number of thioether (sulfide) groups is 1. The predicted molar refractivity (Wildman–Crippen MR) is 135 cm³/mol. The van der Waals surface area contributed by atoms with Crippen molar-refractivity contribution in [3.63, 3.8) is 0 Å². The maximum absolute atomic E-state index is 13.2. The van der Waals surface area contributed by atoms with Crippen LogP contribution in [0, 0.1) is 0 Å². The normalized spacial score (nSPS) is 12.5. The Morgan fingerprint density at radius 1 is 1.19 bits per heavy atom. The second-order valence-corrected chi connectivity index (χ2v) is 7.55. The van der Waals surface area contributed by atoms with Gasteiger partial charge in [-0.05, 0) is 58.3 Å². The summed E-state index contributed by atoms with van der Waals surface area (Å²) in [6.45, 7) is 15.0. The molecule has 1 rings (SSSR count). The molecule has 0 saturated heterocycles. The number of nitrogens with zero attached hydrogens (tertiary/aromatic N) is 4. The lowest BCUT2D eigenvalue weighted by atomic mass is 10.1. The SMILES string of the molecule is C=N/C(C)=C\SCc1ccccc1C(=O)N(CC)CCNC(/C=C(/C)N=C)=NCNC. The molecular formula is C23H34N6OS. The zero-order chi connectivity index (χ0) is 23.1. The van der Waals surface area contributed by atoms with Crippen molar-refractivity contribution in [3.8, 4) is 0 Å². The topological polar surface area (TPSA) is 81.5 Å². The maximum Gasteiger partial charge on any atom is 0.254 e. The molecule has 0 heterocycles. The van der Waals surface area contributed by atoms with Gasteiger partial charge in [0.1, 0.15) is 5.84 Å². The number of carbonyl (C=O) groups excluding carboxylic acids is 1. The highest BCUT2D eigenvalue weighted by atomic mass is 32.2. The first-order valence-corrected chi connectivity index (χ1v) is 11.2. The van der Waals surface area contributed by atoms with Crippen molar-refractivity contribution in [2.75, 3.05) is 33.4 Å². The molecule has 31 heavy (non-hydrogen) atoms. The molecule has 0 spiro atoms. The van der Waals surface area contributed by atoms with Gasteiger partial charge in [-0.1, -0.05) is 18.2 Å². The molecule has 0 atom stereocenters. The van der Waals surface area contributed by atoms with Gasteiger partial charge in [0.15, 0.2) is 0 Å². The van der Waals surface area contributed by atoms with Crippen molar-refractivity contribution < 1.29 is 4.79 Å². The largest absolute Gasteiger partial charge is 0.369 e. The standard InChI is InChI=1S/C23H34N6OS/c1-7-29(13-12-27-22(28-17-24-4)14-18(2)25-5)23(30)21-11-9-8-10-20(21)16-31-15-19(3)26-6/h8-11,14-15,24H,5-7,12-13,16-17H2,1-4H3,(H,27,28)/b18-14-,19-15-. The molecule has 0 aliphatic carbocycles. The second-order valence-electron chi connectivity index (χ2n) is 6.70. The molecule has 0 aromatic heterocycles. The van der Waals surface area contributed by atoms with Gasteiger partial charge in [-0.25, -0.2) is 0 Å². The highest BCUT2D eigenvalue weighted by Gasteiger charge is 2.17. The van der Waals surface area contributed by atoms with E-state index in [9.17, 15) is 4.79 Å². The minimum Gasteiger partial charge on any atom is -0.369 e. The molecule has 168 valence electrons. The van der Waals surface area contributed by atoms with Gasteiger partial charge in [-0.2, -0.15) is 0 Å². The molecule has 0 radical (unpaired) electrons. The zero-order valence-corrected chi connectivity index (χ0v) is 19.8. The van der Waals surface area contributed by atoms with E-state index in [2.05, 4.69) is 39.0 Å². The number of likely N-dealkylation sites (N-methyl/N-ethyl adjacent to an activating group) is 1. The lowest BCUT2D eigenvalue weighted by Gasteiger charge is -2.23. The van der Waals surface area contributed by atoms with Crippen LogP contribution in [-0.4, -0.2) is 63.4 Å². The minimum atomic E-state index is 0.0243. The monoisotopic (exact) mass is 442 g/mol. The van der Waals surface area contributed by atoms with E-state index >= 15 is 0 Å². The molecule has 7 nitrogen and oxygen atoms in total. The molecule has 0 aliphatic heterocycles. The number of hydrogen-bond acceptors (Lipinski definition) is 6. The molecule has 0 aliphatic rings. The molecule has 0 saturated carbocycles. The average Bonchev–Trinajstić information content (AvgIpc) is 2.79. The fourth-order valence-corrected chi connectivity index (χ4v) is 3.43. The predicted octanol–water partition coefficient (Wildman–Crippen LogP) is 3.71. The van der Waals surface area contributed by atoms with Crippen LogP contribution in [-0.2, 0) is 5.75 Å². The van der Waals surface area contributed by atoms with Crippen molar-refractivity contribution in [1.82, 2.24) is 15.5 Å². The maximum atomic E-state index is 13.2. The molecule has 2 N–H and O–H groups in total. The Kier molecular flexibility index (Phi) is 12.9. The molecule has 0 bridgehead atoms. The van der Waals surface area contributed by atoms with Crippen molar-refractivity contribution in [3.05, 3.63) is 58.3 Å². The first kappa shape index (κ1) is 26.3. The number of aliphatic imine (C=N–C) groups is 3. The van der Waals surface area contributed by atoms with Crippen LogP contribution >= 0.6 is 11.8 Å². The summed E-state index contributed by atoms with van der Waals surface area (Å²) in [6.07, 6.45) is 1.84. The number of nitrogens with one attached hydrogen (secondary N) is 2. The third kappa shape index (κ3) is 9.76. The Morgan fingerprint density at radius 2 is 1.90 bits per heavy atom. The summed E-state index contributed by atoms with van der Waals surface area (Å²) in [5.41, 5.74) is 3.36. The third-order valence-electron chi connectivity index (χ3n) is 4.35. The van der Waals surface area contributed by atoms with E-state index in [-0.39, 0.29) is 5.91 Å². The summed E-state index contributed by atoms with van der Waals surface area (Å²) in [4.78, 5) is 27.3. The van der Waals surface area contributed by atoms with E-state index in [1.165, 1.54) is 0 Å². The first-order chi connectivity index (χ1) is 15.0. The highest BCUT2D eigenvalue weighted by molar-refractivity contribution is 8.01. The summed E-state index contributed by atoms with van der Waals surface area (Å²) in [5.74, 6) is 1.43. The van der Waals surface area contributed by atoms with Gasteiger partial charge in [0.05, 0.1) is 6.67 Å². The fraction of sp³-hybridized carbons (Fsp3) is 0.391. The summed E-state index contributed by atoms with van der Waals surface area (Å²) < 4.78 is 0. The quantitative estimate of drug-likeness (QED) is 0.360.